The minimum Gasteiger partial charge on any atom is -0.493 e. The van der Waals surface area contributed by atoms with Crippen LogP contribution in [0.15, 0.2) is 18.2 Å². The van der Waals surface area contributed by atoms with Crippen LogP contribution in [0.3, 0.4) is 0 Å². The number of hydrogen-bond acceptors (Lipinski definition) is 2. The van der Waals surface area contributed by atoms with E-state index >= 15 is 0 Å². The minimum atomic E-state index is -0.613. The highest BCUT2D eigenvalue weighted by atomic mass is 19.1. The maximum absolute atomic E-state index is 12.8. The van der Waals surface area contributed by atoms with Gasteiger partial charge in [0.1, 0.15) is 17.4 Å². The van der Waals surface area contributed by atoms with E-state index < -0.39 is 11.6 Å². The molecule has 0 heterocycles. The molecule has 0 N–H and O–H groups in total. The highest BCUT2D eigenvalue weighted by Crippen LogP contribution is 2.30. The van der Waals surface area contributed by atoms with Gasteiger partial charge in [0.15, 0.2) is 0 Å². The third-order valence-electron chi connectivity index (χ3n) is 2.85. The van der Waals surface area contributed by atoms with Crippen LogP contribution in [0.2, 0.25) is 0 Å². The second-order valence-corrected chi connectivity index (χ2v) is 4.11. The maximum atomic E-state index is 12.8. The quantitative estimate of drug-likeness (QED) is 0.789. The van der Waals surface area contributed by atoms with Crippen molar-refractivity contribution in [2.75, 3.05) is 13.7 Å². The molecule has 0 saturated heterocycles. The summed E-state index contributed by atoms with van der Waals surface area (Å²) in [7, 11) is 1.68. The first kappa shape index (κ1) is 11.3. The van der Waals surface area contributed by atoms with Gasteiger partial charge in [-0.2, -0.15) is 0 Å². The van der Waals surface area contributed by atoms with Gasteiger partial charge in [0.05, 0.1) is 12.7 Å². The van der Waals surface area contributed by atoms with E-state index in [2.05, 4.69) is 0 Å². The number of benzene rings is 1. The van der Waals surface area contributed by atoms with Gasteiger partial charge in [-0.25, -0.2) is 8.78 Å². The van der Waals surface area contributed by atoms with Crippen LogP contribution in [0.1, 0.15) is 12.8 Å². The molecule has 0 aromatic heterocycles. The molecule has 0 aliphatic heterocycles. The monoisotopic (exact) mass is 228 g/mol. The summed E-state index contributed by atoms with van der Waals surface area (Å²) in [6.07, 6.45) is 2.22. The fraction of sp³-hybridized carbons (Fsp3) is 0.500. The fourth-order valence-corrected chi connectivity index (χ4v) is 1.83. The van der Waals surface area contributed by atoms with E-state index in [0.717, 1.165) is 18.9 Å². The maximum Gasteiger partial charge on any atom is 0.129 e. The molecule has 1 aromatic carbocycles. The predicted octanol–water partition coefficient (Wildman–Crippen LogP) is 2.77. The normalized spacial score (nSPS) is 23.9. The first-order valence-corrected chi connectivity index (χ1v) is 5.29. The molecule has 1 fully saturated rings. The first-order chi connectivity index (χ1) is 7.67. The van der Waals surface area contributed by atoms with Crippen molar-refractivity contribution in [1.29, 1.82) is 0 Å². The van der Waals surface area contributed by atoms with Crippen molar-refractivity contribution in [2.24, 2.45) is 5.92 Å². The van der Waals surface area contributed by atoms with Crippen LogP contribution in [0.4, 0.5) is 8.78 Å². The van der Waals surface area contributed by atoms with Crippen LogP contribution in [-0.2, 0) is 4.74 Å². The summed E-state index contributed by atoms with van der Waals surface area (Å²) in [6, 6.07) is 3.21. The molecule has 1 saturated carbocycles. The summed E-state index contributed by atoms with van der Waals surface area (Å²) >= 11 is 0. The first-order valence-electron chi connectivity index (χ1n) is 5.29. The average Bonchev–Trinajstić information content (AvgIpc) is 2.14. The van der Waals surface area contributed by atoms with Gasteiger partial charge in [0.25, 0.3) is 0 Å². The van der Waals surface area contributed by atoms with Gasteiger partial charge in [-0.3, -0.25) is 0 Å². The number of rotatable bonds is 4. The molecule has 0 unspecified atom stereocenters. The van der Waals surface area contributed by atoms with Crippen molar-refractivity contribution < 1.29 is 18.3 Å². The molecule has 1 aliphatic carbocycles. The van der Waals surface area contributed by atoms with Crippen molar-refractivity contribution in [3.05, 3.63) is 29.8 Å². The number of methoxy groups -OCH3 is 1. The molecule has 1 aliphatic rings. The Morgan fingerprint density at radius 3 is 2.38 bits per heavy atom. The number of halogens is 2. The second kappa shape index (κ2) is 4.78. The van der Waals surface area contributed by atoms with Crippen LogP contribution >= 0.6 is 0 Å². The standard InChI is InChI=1S/C12H14F2O2/c1-15-11-2-8(3-11)7-16-12-5-9(13)4-10(14)6-12/h4-6,8,11H,2-3,7H2,1H3. The summed E-state index contributed by atoms with van der Waals surface area (Å²) in [5.41, 5.74) is 0. The highest BCUT2D eigenvalue weighted by Gasteiger charge is 2.29. The summed E-state index contributed by atoms with van der Waals surface area (Å²) in [4.78, 5) is 0. The summed E-state index contributed by atoms with van der Waals surface area (Å²) in [5.74, 6) is -0.550. The molecule has 4 heteroatoms. The molecular weight excluding hydrogens is 214 g/mol. The van der Waals surface area contributed by atoms with Crippen LogP contribution in [0, 0.1) is 17.6 Å². The van der Waals surface area contributed by atoms with E-state index in [0.29, 0.717) is 18.6 Å². The lowest BCUT2D eigenvalue weighted by atomic mass is 9.83. The molecule has 88 valence electrons. The van der Waals surface area contributed by atoms with E-state index in [-0.39, 0.29) is 5.75 Å². The summed E-state index contributed by atoms with van der Waals surface area (Å²) < 4.78 is 36.1. The van der Waals surface area contributed by atoms with E-state index in [1.807, 2.05) is 0 Å². The Bertz CT molecular complexity index is 342. The van der Waals surface area contributed by atoms with Gasteiger partial charge in [-0.1, -0.05) is 0 Å². The Hall–Kier alpha value is -1.16. The van der Waals surface area contributed by atoms with Gasteiger partial charge >= 0.3 is 0 Å². The third-order valence-corrected chi connectivity index (χ3v) is 2.85. The molecule has 16 heavy (non-hydrogen) atoms. The Balaban J connectivity index is 1.81. The number of ether oxygens (including phenoxy) is 2. The van der Waals surface area contributed by atoms with Crippen molar-refractivity contribution in [3.8, 4) is 5.75 Å². The molecule has 2 rings (SSSR count). The molecule has 0 radical (unpaired) electrons. The lowest BCUT2D eigenvalue weighted by Crippen LogP contribution is -2.34. The zero-order valence-electron chi connectivity index (χ0n) is 9.08. The number of hydrogen-bond donors (Lipinski definition) is 0. The van der Waals surface area contributed by atoms with E-state index in [1.165, 1.54) is 12.1 Å². The van der Waals surface area contributed by atoms with Crippen molar-refractivity contribution >= 4 is 0 Å². The van der Waals surface area contributed by atoms with Crippen molar-refractivity contribution in [2.45, 2.75) is 18.9 Å². The van der Waals surface area contributed by atoms with Gasteiger partial charge < -0.3 is 9.47 Å². The van der Waals surface area contributed by atoms with Gasteiger partial charge in [-0.05, 0) is 18.8 Å². The topological polar surface area (TPSA) is 18.5 Å². The minimum absolute atomic E-state index is 0.248. The molecule has 0 atom stereocenters. The van der Waals surface area contributed by atoms with Gasteiger partial charge in [-0.15, -0.1) is 0 Å². The molecular formula is C12H14F2O2. The van der Waals surface area contributed by atoms with Crippen molar-refractivity contribution in [1.82, 2.24) is 0 Å². The lowest BCUT2D eigenvalue weighted by molar-refractivity contribution is -0.0142. The molecule has 1 aromatic rings. The van der Waals surface area contributed by atoms with Crippen LogP contribution in [0.25, 0.3) is 0 Å². The smallest absolute Gasteiger partial charge is 0.129 e. The fourth-order valence-electron chi connectivity index (χ4n) is 1.83. The summed E-state index contributed by atoms with van der Waals surface area (Å²) in [6.45, 7) is 0.489. The lowest BCUT2D eigenvalue weighted by Gasteiger charge is -2.33. The second-order valence-electron chi connectivity index (χ2n) is 4.11. The molecule has 0 amide bonds. The molecule has 2 nitrogen and oxygen atoms in total. The summed E-state index contributed by atoms with van der Waals surface area (Å²) in [5, 5.41) is 0. The SMILES string of the molecule is COC1CC(COc2cc(F)cc(F)c2)C1. The van der Waals surface area contributed by atoms with Crippen molar-refractivity contribution in [3.63, 3.8) is 0 Å². The van der Waals surface area contributed by atoms with E-state index in [1.54, 1.807) is 7.11 Å². The molecule has 0 spiro atoms. The van der Waals surface area contributed by atoms with Crippen LogP contribution in [-0.4, -0.2) is 19.8 Å². The Morgan fingerprint density at radius 1 is 1.19 bits per heavy atom. The largest absolute Gasteiger partial charge is 0.493 e. The zero-order valence-corrected chi connectivity index (χ0v) is 9.08. The van der Waals surface area contributed by atoms with Crippen LogP contribution in [0.5, 0.6) is 5.75 Å². The third kappa shape index (κ3) is 2.70. The Kier molecular flexibility index (Phi) is 3.39. The van der Waals surface area contributed by atoms with E-state index in [4.69, 9.17) is 9.47 Å². The van der Waals surface area contributed by atoms with Gasteiger partial charge in [0.2, 0.25) is 0 Å². The van der Waals surface area contributed by atoms with Gasteiger partial charge in [0, 0.05) is 25.3 Å². The average molecular weight is 228 g/mol. The molecule has 0 bridgehead atoms. The Morgan fingerprint density at radius 2 is 1.81 bits per heavy atom. The van der Waals surface area contributed by atoms with E-state index in [9.17, 15) is 8.78 Å². The highest BCUT2D eigenvalue weighted by molar-refractivity contribution is 5.23. The zero-order chi connectivity index (χ0) is 11.5. The van der Waals surface area contributed by atoms with Crippen LogP contribution < -0.4 is 4.74 Å². The Labute approximate surface area is 93.2 Å². The predicted molar refractivity (Wildman–Crippen MR) is 55.4 cm³/mol.